The van der Waals surface area contributed by atoms with Crippen LogP contribution in [0.15, 0.2) is 40.9 Å². The summed E-state index contributed by atoms with van der Waals surface area (Å²) in [6, 6.07) is 11.3. The van der Waals surface area contributed by atoms with Gasteiger partial charge in [-0.05, 0) is 36.2 Å². The lowest BCUT2D eigenvalue weighted by molar-refractivity contribution is -0.115. The van der Waals surface area contributed by atoms with Gasteiger partial charge in [0, 0.05) is 10.2 Å². The molecule has 1 amide bonds. The number of benzene rings is 2. The van der Waals surface area contributed by atoms with Gasteiger partial charge in [-0.3, -0.25) is 4.79 Å². The van der Waals surface area contributed by atoms with Crippen molar-refractivity contribution in [1.29, 1.82) is 0 Å². The zero-order valence-electron chi connectivity index (χ0n) is 12.8. The molecule has 2 rings (SSSR count). The van der Waals surface area contributed by atoms with Crippen molar-refractivity contribution >= 4 is 27.5 Å². The van der Waals surface area contributed by atoms with Crippen LogP contribution in [0, 0.1) is 6.92 Å². The largest absolute Gasteiger partial charge is 0.493 e. The van der Waals surface area contributed by atoms with Gasteiger partial charge < -0.3 is 14.8 Å². The summed E-state index contributed by atoms with van der Waals surface area (Å²) in [5, 5.41) is 2.92. The lowest BCUT2D eigenvalue weighted by Gasteiger charge is -2.12. The van der Waals surface area contributed by atoms with Crippen molar-refractivity contribution in [2.45, 2.75) is 13.3 Å². The standard InChI is InChI=1S/C17H18BrNO3/c1-11-6-4-5-7-14(11)19-17(20)9-12-8-15(21-2)16(22-3)10-13(12)18/h4-8,10H,9H2,1-3H3,(H,19,20). The Morgan fingerprint density at radius 2 is 1.77 bits per heavy atom. The molecule has 0 aromatic heterocycles. The van der Waals surface area contributed by atoms with Crippen LogP contribution in [0.25, 0.3) is 0 Å². The van der Waals surface area contributed by atoms with Crippen LogP contribution in [0.3, 0.4) is 0 Å². The summed E-state index contributed by atoms with van der Waals surface area (Å²) in [6.07, 6.45) is 0.245. The van der Waals surface area contributed by atoms with Crippen molar-refractivity contribution in [1.82, 2.24) is 0 Å². The Morgan fingerprint density at radius 1 is 1.14 bits per heavy atom. The van der Waals surface area contributed by atoms with Gasteiger partial charge in [0.05, 0.1) is 20.6 Å². The summed E-state index contributed by atoms with van der Waals surface area (Å²) >= 11 is 3.46. The van der Waals surface area contributed by atoms with Crippen molar-refractivity contribution in [3.8, 4) is 11.5 Å². The minimum atomic E-state index is -0.0813. The van der Waals surface area contributed by atoms with Crippen LogP contribution < -0.4 is 14.8 Å². The van der Waals surface area contributed by atoms with E-state index >= 15 is 0 Å². The van der Waals surface area contributed by atoms with E-state index < -0.39 is 0 Å². The fourth-order valence-corrected chi connectivity index (χ4v) is 2.57. The van der Waals surface area contributed by atoms with Crippen LogP contribution in [-0.2, 0) is 11.2 Å². The summed E-state index contributed by atoms with van der Waals surface area (Å²) in [6.45, 7) is 1.96. The number of para-hydroxylation sites is 1. The molecule has 4 nitrogen and oxygen atoms in total. The van der Waals surface area contributed by atoms with Crippen molar-refractivity contribution in [2.24, 2.45) is 0 Å². The van der Waals surface area contributed by atoms with E-state index in [1.165, 1.54) is 0 Å². The predicted molar refractivity (Wildman–Crippen MR) is 90.8 cm³/mol. The lowest BCUT2D eigenvalue weighted by atomic mass is 10.1. The lowest BCUT2D eigenvalue weighted by Crippen LogP contribution is -2.15. The molecule has 0 aliphatic heterocycles. The average Bonchev–Trinajstić information content (AvgIpc) is 2.51. The molecule has 1 N–H and O–H groups in total. The molecule has 5 heteroatoms. The zero-order chi connectivity index (χ0) is 16.1. The van der Waals surface area contributed by atoms with Gasteiger partial charge in [0.15, 0.2) is 11.5 Å². The Morgan fingerprint density at radius 3 is 2.41 bits per heavy atom. The molecule has 0 bridgehead atoms. The molecule has 2 aromatic rings. The minimum absolute atomic E-state index is 0.0813. The zero-order valence-corrected chi connectivity index (χ0v) is 14.4. The molecule has 22 heavy (non-hydrogen) atoms. The van der Waals surface area contributed by atoms with E-state index in [2.05, 4.69) is 21.2 Å². The van der Waals surface area contributed by atoms with E-state index in [9.17, 15) is 4.79 Å². The van der Waals surface area contributed by atoms with Crippen LogP contribution in [0.4, 0.5) is 5.69 Å². The van der Waals surface area contributed by atoms with Gasteiger partial charge in [-0.2, -0.15) is 0 Å². The highest BCUT2D eigenvalue weighted by molar-refractivity contribution is 9.10. The van der Waals surface area contributed by atoms with E-state index in [0.29, 0.717) is 11.5 Å². The fraction of sp³-hybridized carbons (Fsp3) is 0.235. The van der Waals surface area contributed by atoms with Crippen LogP contribution >= 0.6 is 15.9 Å². The number of amides is 1. The molecular formula is C17H18BrNO3. The molecule has 0 saturated heterocycles. The number of halogens is 1. The molecule has 2 aromatic carbocycles. The third-order valence-electron chi connectivity index (χ3n) is 3.32. The van der Waals surface area contributed by atoms with Crippen molar-refractivity contribution in [2.75, 3.05) is 19.5 Å². The number of hydrogen-bond donors (Lipinski definition) is 1. The number of hydrogen-bond acceptors (Lipinski definition) is 3. The van der Waals surface area contributed by atoms with Gasteiger partial charge in [-0.15, -0.1) is 0 Å². The summed E-state index contributed by atoms with van der Waals surface area (Å²) in [7, 11) is 3.15. The fourth-order valence-electron chi connectivity index (χ4n) is 2.11. The topological polar surface area (TPSA) is 47.6 Å². The van der Waals surface area contributed by atoms with Crippen LogP contribution in [0.2, 0.25) is 0 Å². The van der Waals surface area contributed by atoms with Crippen molar-refractivity contribution < 1.29 is 14.3 Å². The molecule has 0 unspecified atom stereocenters. The number of aryl methyl sites for hydroxylation is 1. The maximum absolute atomic E-state index is 12.2. The van der Waals surface area contributed by atoms with E-state index in [-0.39, 0.29) is 12.3 Å². The first-order chi connectivity index (χ1) is 10.5. The van der Waals surface area contributed by atoms with E-state index in [1.807, 2.05) is 31.2 Å². The quantitative estimate of drug-likeness (QED) is 0.874. The molecule has 116 valence electrons. The maximum Gasteiger partial charge on any atom is 0.228 e. The summed E-state index contributed by atoms with van der Waals surface area (Å²) in [5.74, 6) is 1.14. The second-order valence-corrected chi connectivity index (χ2v) is 5.69. The molecular weight excluding hydrogens is 346 g/mol. The summed E-state index contributed by atoms with van der Waals surface area (Å²) in [5.41, 5.74) is 2.69. The van der Waals surface area contributed by atoms with E-state index in [4.69, 9.17) is 9.47 Å². The van der Waals surface area contributed by atoms with Gasteiger partial charge in [0.25, 0.3) is 0 Å². The van der Waals surface area contributed by atoms with Gasteiger partial charge in [0.2, 0.25) is 5.91 Å². The third-order valence-corrected chi connectivity index (χ3v) is 4.06. The van der Waals surface area contributed by atoms with Crippen LogP contribution in [-0.4, -0.2) is 20.1 Å². The Kier molecular flexibility index (Phi) is 5.44. The first-order valence-corrected chi connectivity index (χ1v) is 7.60. The van der Waals surface area contributed by atoms with Crippen LogP contribution in [0.1, 0.15) is 11.1 Å². The minimum Gasteiger partial charge on any atom is -0.493 e. The molecule has 0 radical (unpaired) electrons. The highest BCUT2D eigenvalue weighted by Crippen LogP contribution is 2.33. The van der Waals surface area contributed by atoms with Crippen molar-refractivity contribution in [3.05, 3.63) is 52.0 Å². The molecule has 0 aliphatic rings. The molecule has 0 heterocycles. The van der Waals surface area contributed by atoms with Crippen molar-refractivity contribution in [3.63, 3.8) is 0 Å². The Labute approximate surface area is 138 Å². The highest BCUT2D eigenvalue weighted by Gasteiger charge is 2.13. The van der Waals surface area contributed by atoms with Gasteiger partial charge in [-0.1, -0.05) is 34.1 Å². The molecule has 0 spiro atoms. The number of carbonyl (C=O) groups excluding carboxylic acids is 1. The second-order valence-electron chi connectivity index (χ2n) is 4.84. The normalized spacial score (nSPS) is 10.2. The Bertz CT molecular complexity index is 686. The molecule has 0 saturated carbocycles. The third kappa shape index (κ3) is 3.80. The maximum atomic E-state index is 12.2. The molecule has 0 fully saturated rings. The average molecular weight is 364 g/mol. The number of ether oxygens (including phenoxy) is 2. The van der Waals surface area contributed by atoms with Gasteiger partial charge in [0.1, 0.15) is 0 Å². The monoisotopic (exact) mass is 363 g/mol. The number of rotatable bonds is 5. The molecule has 0 aliphatic carbocycles. The number of anilines is 1. The Hall–Kier alpha value is -2.01. The van der Waals surface area contributed by atoms with Crippen LogP contribution in [0.5, 0.6) is 11.5 Å². The number of nitrogens with one attached hydrogen (secondary N) is 1. The smallest absolute Gasteiger partial charge is 0.228 e. The summed E-state index contributed by atoms with van der Waals surface area (Å²) in [4.78, 5) is 12.2. The first-order valence-electron chi connectivity index (χ1n) is 6.81. The SMILES string of the molecule is COc1cc(Br)c(CC(=O)Nc2ccccc2C)cc1OC. The highest BCUT2D eigenvalue weighted by atomic mass is 79.9. The first kappa shape index (κ1) is 16.4. The summed E-state index contributed by atoms with van der Waals surface area (Å²) < 4.78 is 11.3. The number of carbonyl (C=O) groups is 1. The van der Waals surface area contributed by atoms with Gasteiger partial charge >= 0.3 is 0 Å². The predicted octanol–water partition coefficient (Wildman–Crippen LogP) is 3.96. The van der Waals surface area contributed by atoms with E-state index in [0.717, 1.165) is 21.3 Å². The second kappa shape index (κ2) is 7.31. The Balaban J connectivity index is 2.16. The number of methoxy groups -OCH3 is 2. The van der Waals surface area contributed by atoms with Gasteiger partial charge in [-0.25, -0.2) is 0 Å². The molecule has 0 atom stereocenters. The van der Waals surface area contributed by atoms with E-state index in [1.54, 1.807) is 26.4 Å².